The molecule has 2 N–H and O–H groups in total. The molecule has 226 valence electrons. The van der Waals surface area contributed by atoms with Crippen molar-refractivity contribution in [1.82, 2.24) is 0 Å². The molecular formula is C40H44N2O2. The zero-order chi connectivity index (χ0) is 31.1. The van der Waals surface area contributed by atoms with E-state index in [2.05, 4.69) is 73.0 Å². The highest BCUT2D eigenvalue weighted by Crippen LogP contribution is 2.45. The predicted octanol–water partition coefficient (Wildman–Crippen LogP) is 9.47. The SMILES string of the molecule is Cc1cc(C)c(C(=O)Nc2ccc3c(c2-c2c(NC(=O)c4c(C)cc(C)cc4C)ccc4c2CCCC4)CCCC3)c(C)c1. The van der Waals surface area contributed by atoms with Gasteiger partial charge >= 0.3 is 0 Å². The van der Waals surface area contributed by atoms with Gasteiger partial charge < -0.3 is 10.6 Å². The third-order valence-corrected chi connectivity index (χ3v) is 9.62. The van der Waals surface area contributed by atoms with Crippen molar-refractivity contribution < 1.29 is 9.59 Å². The third-order valence-electron chi connectivity index (χ3n) is 9.62. The number of carbonyl (C=O) groups is 2. The Morgan fingerprint density at radius 3 is 1.20 bits per heavy atom. The first kappa shape index (κ1) is 29.9. The first-order chi connectivity index (χ1) is 21.1. The lowest BCUT2D eigenvalue weighted by molar-refractivity contribution is 0.101. The highest BCUT2D eigenvalue weighted by molar-refractivity contribution is 6.12. The van der Waals surface area contributed by atoms with Gasteiger partial charge in [0.1, 0.15) is 0 Å². The summed E-state index contributed by atoms with van der Waals surface area (Å²) in [5, 5.41) is 6.74. The Hall–Kier alpha value is -4.18. The number of benzene rings is 4. The van der Waals surface area contributed by atoms with E-state index in [1.54, 1.807) is 0 Å². The minimum Gasteiger partial charge on any atom is -0.321 e. The Labute approximate surface area is 262 Å². The summed E-state index contributed by atoms with van der Waals surface area (Å²) in [6.45, 7) is 12.2. The zero-order valence-electron chi connectivity index (χ0n) is 27.1. The quantitative estimate of drug-likeness (QED) is 0.245. The number of amides is 2. The summed E-state index contributed by atoms with van der Waals surface area (Å²) in [7, 11) is 0. The van der Waals surface area contributed by atoms with Crippen molar-refractivity contribution in [3.05, 3.63) is 115 Å². The minimum atomic E-state index is -0.0849. The van der Waals surface area contributed by atoms with Gasteiger partial charge in [-0.1, -0.05) is 47.5 Å². The van der Waals surface area contributed by atoms with Gasteiger partial charge in [-0.2, -0.15) is 0 Å². The van der Waals surface area contributed by atoms with Crippen LogP contribution in [-0.2, 0) is 25.7 Å². The molecule has 4 nitrogen and oxygen atoms in total. The van der Waals surface area contributed by atoms with E-state index in [-0.39, 0.29) is 11.8 Å². The molecule has 0 fully saturated rings. The maximum Gasteiger partial charge on any atom is 0.256 e. The van der Waals surface area contributed by atoms with E-state index in [4.69, 9.17) is 0 Å². The minimum absolute atomic E-state index is 0.0849. The van der Waals surface area contributed by atoms with Gasteiger partial charge in [0.15, 0.2) is 0 Å². The van der Waals surface area contributed by atoms with Crippen LogP contribution in [0.15, 0.2) is 48.5 Å². The summed E-state index contributed by atoms with van der Waals surface area (Å²) in [5.41, 5.74) is 16.8. The molecule has 0 radical (unpaired) electrons. The second-order valence-corrected chi connectivity index (χ2v) is 13.1. The van der Waals surface area contributed by atoms with Crippen LogP contribution in [0.4, 0.5) is 11.4 Å². The summed E-state index contributed by atoms with van der Waals surface area (Å²) in [6, 6.07) is 16.9. The van der Waals surface area contributed by atoms with E-state index < -0.39 is 0 Å². The van der Waals surface area contributed by atoms with Crippen LogP contribution >= 0.6 is 0 Å². The Morgan fingerprint density at radius 2 is 0.841 bits per heavy atom. The lowest BCUT2D eigenvalue weighted by Gasteiger charge is -2.29. The normalized spacial score (nSPS) is 14.0. The summed E-state index contributed by atoms with van der Waals surface area (Å²) in [6.07, 6.45) is 8.56. The number of anilines is 2. The van der Waals surface area contributed by atoms with Crippen LogP contribution < -0.4 is 10.6 Å². The predicted molar refractivity (Wildman–Crippen MR) is 182 cm³/mol. The molecule has 44 heavy (non-hydrogen) atoms. The zero-order valence-corrected chi connectivity index (χ0v) is 27.1. The van der Waals surface area contributed by atoms with Gasteiger partial charge in [0.05, 0.1) is 0 Å². The Morgan fingerprint density at radius 1 is 0.500 bits per heavy atom. The molecule has 0 bridgehead atoms. The Bertz CT molecular complexity index is 1630. The highest BCUT2D eigenvalue weighted by Gasteiger charge is 2.27. The molecule has 4 heteroatoms. The standard InChI is InChI=1S/C40H44N2O2/c1-23-19-25(3)35(26(4)20-23)39(43)41-33-17-15-29-11-7-9-13-31(29)37(33)38-32-14-10-8-12-30(32)16-18-34(38)42-40(44)36-27(5)21-24(2)22-28(36)6/h15-22H,7-14H2,1-6H3,(H,41,43)(H,42,44). The van der Waals surface area contributed by atoms with Crippen molar-refractivity contribution in [2.24, 2.45) is 0 Å². The van der Waals surface area contributed by atoms with Crippen molar-refractivity contribution in [3.8, 4) is 11.1 Å². The van der Waals surface area contributed by atoms with E-state index in [0.717, 1.165) is 106 Å². The fourth-order valence-corrected chi connectivity index (χ4v) is 7.88. The van der Waals surface area contributed by atoms with Gasteiger partial charge in [0, 0.05) is 33.6 Å². The fraction of sp³-hybridized carbons (Fsp3) is 0.350. The second-order valence-electron chi connectivity index (χ2n) is 13.1. The van der Waals surface area contributed by atoms with E-state index in [1.807, 2.05) is 27.7 Å². The molecule has 2 amide bonds. The number of aryl methyl sites for hydroxylation is 8. The van der Waals surface area contributed by atoms with Gasteiger partial charge in [-0.05, 0) is 150 Å². The molecule has 0 heterocycles. The molecule has 0 saturated carbocycles. The van der Waals surface area contributed by atoms with Gasteiger partial charge in [0.25, 0.3) is 11.8 Å². The maximum absolute atomic E-state index is 14.0. The fourth-order valence-electron chi connectivity index (χ4n) is 7.88. The van der Waals surface area contributed by atoms with Crippen LogP contribution in [0, 0.1) is 41.5 Å². The molecule has 0 aromatic heterocycles. The smallest absolute Gasteiger partial charge is 0.256 e. The summed E-state index contributed by atoms with van der Waals surface area (Å²) >= 11 is 0. The Kier molecular flexibility index (Phi) is 8.20. The molecule has 2 aliphatic rings. The monoisotopic (exact) mass is 584 g/mol. The summed E-state index contributed by atoms with van der Waals surface area (Å²) in [4.78, 5) is 28.0. The molecule has 0 saturated heterocycles. The summed E-state index contributed by atoms with van der Waals surface area (Å²) < 4.78 is 0. The molecule has 0 aliphatic heterocycles. The number of fused-ring (bicyclic) bond motifs is 2. The van der Waals surface area contributed by atoms with Crippen molar-refractivity contribution >= 4 is 23.2 Å². The number of rotatable bonds is 5. The molecule has 0 unspecified atom stereocenters. The first-order valence-corrected chi connectivity index (χ1v) is 16.2. The van der Waals surface area contributed by atoms with Gasteiger partial charge in [-0.25, -0.2) is 0 Å². The average molecular weight is 585 g/mol. The van der Waals surface area contributed by atoms with Crippen molar-refractivity contribution in [1.29, 1.82) is 0 Å². The van der Waals surface area contributed by atoms with Crippen molar-refractivity contribution in [3.63, 3.8) is 0 Å². The molecule has 4 aromatic carbocycles. The molecular weight excluding hydrogens is 540 g/mol. The van der Waals surface area contributed by atoms with E-state index in [0.29, 0.717) is 0 Å². The number of hydrogen-bond acceptors (Lipinski definition) is 2. The second kappa shape index (κ2) is 12.1. The first-order valence-electron chi connectivity index (χ1n) is 16.2. The topological polar surface area (TPSA) is 58.2 Å². The van der Waals surface area contributed by atoms with Crippen LogP contribution in [0.25, 0.3) is 11.1 Å². The van der Waals surface area contributed by atoms with E-state index in [1.165, 1.54) is 35.1 Å². The van der Waals surface area contributed by atoms with E-state index >= 15 is 0 Å². The largest absolute Gasteiger partial charge is 0.321 e. The van der Waals surface area contributed by atoms with Gasteiger partial charge in [-0.3, -0.25) is 9.59 Å². The summed E-state index contributed by atoms with van der Waals surface area (Å²) in [5.74, 6) is -0.170. The molecule has 2 aliphatic carbocycles. The number of carbonyl (C=O) groups excluding carboxylic acids is 2. The van der Waals surface area contributed by atoms with Gasteiger partial charge in [0.2, 0.25) is 0 Å². The van der Waals surface area contributed by atoms with Crippen molar-refractivity contribution in [2.75, 3.05) is 10.6 Å². The average Bonchev–Trinajstić information content (AvgIpc) is 2.96. The van der Waals surface area contributed by atoms with E-state index in [9.17, 15) is 9.59 Å². The lowest BCUT2D eigenvalue weighted by Crippen LogP contribution is -2.20. The Balaban J connectivity index is 1.53. The maximum atomic E-state index is 14.0. The third kappa shape index (κ3) is 5.58. The van der Waals surface area contributed by atoms with Crippen molar-refractivity contribution in [2.45, 2.75) is 92.9 Å². The van der Waals surface area contributed by atoms with Crippen LogP contribution in [0.1, 0.15) is 102 Å². The van der Waals surface area contributed by atoms with Crippen LogP contribution in [0.5, 0.6) is 0 Å². The molecule has 0 spiro atoms. The lowest BCUT2D eigenvalue weighted by atomic mass is 9.79. The van der Waals surface area contributed by atoms with Gasteiger partial charge in [-0.15, -0.1) is 0 Å². The molecule has 4 aromatic rings. The molecule has 6 rings (SSSR count). The highest BCUT2D eigenvalue weighted by atomic mass is 16.2. The molecule has 0 atom stereocenters. The number of nitrogens with one attached hydrogen (secondary N) is 2. The number of hydrogen-bond donors (Lipinski definition) is 2. The van der Waals surface area contributed by atoms with Crippen LogP contribution in [-0.4, -0.2) is 11.8 Å². The van der Waals surface area contributed by atoms with Crippen LogP contribution in [0.3, 0.4) is 0 Å². The van der Waals surface area contributed by atoms with Crippen LogP contribution in [0.2, 0.25) is 0 Å².